The summed E-state index contributed by atoms with van der Waals surface area (Å²) >= 11 is 0. The van der Waals surface area contributed by atoms with Gasteiger partial charge < -0.3 is 22.6 Å². The molecule has 0 spiro atoms. The summed E-state index contributed by atoms with van der Waals surface area (Å²) in [4.78, 5) is 0.963. The van der Waals surface area contributed by atoms with Gasteiger partial charge in [-0.15, -0.1) is 0 Å². The molecule has 0 aliphatic rings. The molecule has 0 fully saturated rings. The van der Waals surface area contributed by atoms with Crippen LogP contribution in [0.1, 0.15) is 201 Å². The van der Waals surface area contributed by atoms with Gasteiger partial charge in [-0.2, -0.15) is 0 Å². The largest absolute Gasteiger partial charge is 1.00 e. The van der Waals surface area contributed by atoms with Crippen LogP contribution in [-0.4, -0.2) is 29.2 Å². The second-order valence-corrected chi connectivity index (χ2v) is 12.3. The summed E-state index contributed by atoms with van der Waals surface area (Å²) in [6.45, 7) is 7.92. The van der Waals surface area contributed by atoms with Gasteiger partial charge in [-0.3, -0.25) is 4.90 Å². The third-order valence-electron chi connectivity index (χ3n) is 8.33. The molecule has 0 aromatic carbocycles. The van der Waals surface area contributed by atoms with Crippen molar-refractivity contribution < 1.29 is 27.5 Å². The lowest BCUT2D eigenvalue weighted by atomic mass is 10.0. The van der Waals surface area contributed by atoms with Crippen LogP contribution in [0, 0.1) is 0 Å². The molecule has 3 nitrogen and oxygen atoms in total. The minimum atomic E-state index is -1.59. The Hall–Kier alpha value is 0.170. The van der Waals surface area contributed by atoms with Crippen molar-refractivity contribution >= 4 is 0 Å². The van der Waals surface area contributed by atoms with Crippen LogP contribution >= 0.6 is 0 Å². The number of halogens is 1. The van der Waals surface area contributed by atoms with Gasteiger partial charge in [-0.1, -0.05) is 168 Å². The molecule has 0 saturated heterocycles. The molecule has 0 saturated carbocycles. The Morgan fingerprint density at radius 1 is 0.368 bits per heavy atom. The maximum absolute atomic E-state index is 10.2. The van der Waals surface area contributed by atoms with Crippen molar-refractivity contribution in [1.29, 1.82) is 0 Å². The predicted octanol–water partition coefficient (Wildman–Crippen LogP) is 6.50. The van der Waals surface area contributed by atoms with Crippen LogP contribution in [0.15, 0.2) is 0 Å². The minimum absolute atomic E-state index is 0. The Labute approximate surface area is 246 Å². The van der Waals surface area contributed by atoms with E-state index in [-0.39, 0.29) is 12.4 Å². The molecule has 0 atom stereocenters. The molecular weight excluding hydrogens is 490 g/mol. The number of rotatable bonds is 31. The first-order valence-corrected chi connectivity index (χ1v) is 17.3. The van der Waals surface area contributed by atoms with Crippen molar-refractivity contribution in [3.8, 4) is 0 Å². The number of hydrogen-bond acceptors (Lipinski definition) is 2. The first-order valence-electron chi connectivity index (χ1n) is 17.3. The SMILES string of the molecule is CCCCCCCCCCCCCCCC[NH+](CCCCCCCCCCCCCCCC)C(C)(O)O.[Cl-]. The van der Waals surface area contributed by atoms with E-state index in [2.05, 4.69) is 13.8 Å². The van der Waals surface area contributed by atoms with Gasteiger partial charge in [0.05, 0.1) is 13.1 Å². The van der Waals surface area contributed by atoms with E-state index in [1.54, 1.807) is 6.92 Å². The normalized spacial score (nSPS) is 11.8. The Kier molecular flexibility index (Phi) is 33.6. The zero-order chi connectivity index (χ0) is 27.3. The van der Waals surface area contributed by atoms with Crippen molar-refractivity contribution in [3.63, 3.8) is 0 Å². The van der Waals surface area contributed by atoms with Crippen LogP contribution in [0.2, 0.25) is 0 Å². The number of quaternary nitrogens is 1. The van der Waals surface area contributed by atoms with Crippen molar-refractivity contribution in [2.24, 2.45) is 0 Å². The lowest BCUT2D eigenvalue weighted by molar-refractivity contribution is -1.00. The summed E-state index contributed by atoms with van der Waals surface area (Å²) in [6.07, 6.45) is 38.2. The van der Waals surface area contributed by atoms with Crippen LogP contribution < -0.4 is 17.3 Å². The average molecular weight is 562 g/mol. The fourth-order valence-electron chi connectivity index (χ4n) is 5.66. The molecule has 0 aliphatic heterocycles. The molecule has 3 N–H and O–H groups in total. The molecule has 38 heavy (non-hydrogen) atoms. The van der Waals surface area contributed by atoms with E-state index in [1.807, 2.05) is 0 Å². The highest BCUT2D eigenvalue weighted by Gasteiger charge is 2.29. The first-order chi connectivity index (χ1) is 18.0. The Bertz CT molecular complexity index is 395. The summed E-state index contributed by atoms with van der Waals surface area (Å²) in [7, 11) is 0. The van der Waals surface area contributed by atoms with Crippen LogP contribution in [0.3, 0.4) is 0 Å². The van der Waals surface area contributed by atoms with Gasteiger partial charge >= 0.3 is 5.91 Å². The van der Waals surface area contributed by atoms with Gasteiger partial charge in [-0.25, -0.2) is 0 Å². The highest BCUT2D eigenvalue weighted by atomic mass is 35.5. The second-order valence-electron chi connectivity index (χ2n) is 12.3. The Morgan fingerprint density at radius 2 is 0.553 bits per heavy atom. The highest BCUT2D eigenvalue weighted by Crippen LogP contribution is 2.14. The van der Waals surface area contributed by atoms with E-state index in [0.717, 1.165) is 30.8 Å². The molecular formula is C34H72ClNO2. The fourth-order valence-corrected chi connectivity index (χ4v) is 5.66. The Balaban J connectivity index is 0. The number of hydrogen-bond donors (Lipinski definition) is 3. The maximum atomic E-state index is 10.2. The molecule has 0 radical (unpaired) electrons. The summed E-state index contributed by atoms with van der Waals surface area (Å²) in [5.74, 6) is -1.59. The third kappa shape index (κ3) is 30.7. The van der Waals surface area contributed by atoms with E-state index in [4.69, 9.17) is 0 Å². The monoisotopic (exact) mass is 562 g/mol. The lowest BCUT2D eigenvalue weighted by Crippen LogP contribution is -3.20. The highest BCUT2D eigenvalue weighted by molar-refractivity contribution is 4.51. The standard InChI is InChI=1S/C34H71NO2.ClH/c1-4-6-8-10-12-14-16-18-20-22-24-26-28-30-32-35(34(3,36)37)33-31-29-27-25-23-21-19-17-15-13-11-9-7-5-2;/h36-37H,4-33H2,1-3H3;1H. The smallest absolute Gasteiger partial charge is 0.309 e. The topological polar surface area (TPSA) is 44.9 Å². The average Bonchev–Trinajstić information content (AvgIpc) is 2.87. The molecule has 0 aliphatic carbocycles. The minimum Gasteiger partial charge on any atom is -1.00 e. The van der Waals surface area contributed by atoms with Gasteiger partial charge in [0.2, 0.25) is 0 Å². The molecule has 232 valence electrons. The lowest BCUT2D eigenvalue weighted by Gasteiger charge is -2.28. The van der Waals surface area contributed by atoms with Gasteiger partial charge in [0.15, 0.2) is 0 Å². The van der Waals surface area contributed by atoms with Gasteiger partial charge in [0.1, 0.15) is 0 Å². The second kappa shape index (κ2) is 31.7. The van der Waals surface area contributed by atoms with Crippen LogP contribution in [-0.2, 0) is 0 Å². The quantitative estimate of drug-likeness (QED) is 0.0668. The Morgan fingerprint density at radius 3 is 0.737 bits per heavy atom. The van der Waals surface area contributed by atoms with Gasteiger partial charge in [0.25, 0.3) is 0 Å². The summed E-state index contributed by atoms with van der Waals surface area (Å²) < 4.78 is 0. The van der Waals surface area contributed by atoms with E-state index in [1.165, 1.54) is 167 Å². The molecule has 0 bridgehead atoms. The van der Waals surface area contributed by atoms with Crippen molar-refractivity contribution in [1.82, 2.24) is 0 Å². The summed E-state index contributed by atoms with van der Waals surface area (Å²) in [5, 5.41) is 20.4. The van der Waals surface area contributed by atoms with E-state index < -0.39 is 5.91 Å². The molecule has 0 aromatic heterocycles. The summed E-state index contributed by atoms with van der Waals surface area (Å²) in [6, 6.07) is 0. The van der Waals surface area contributed by atoms with Gasteiger partial charge in [0, 0.05) is 6.92 Å². The molecule has 0 rings (SSSR count). The number of unbranched alkanes of at least 4 members (excludes halogenated alkanes) is 26. The molecule has 0 heterocycles. The van der Waals surface area contributed by atoms with Crippen molar-refractivity contribution in [2.75, 3.05) is 13.1 Å². The zero-order valence-electron chi connectivity index (χ0n) is 26.5. The molecule has 0 aromatic rings. The molecule has 4 heteroatoms. The van der Waals surface area contributed by atoms with Crippen LogP contribution in [0.4, 0.5) is 0 Å². The van der Waals surface area contributed by atoms with E-state index in [9.17, 15) is 10.2 Å². The molecule has 0 unspecified atom stereocenters. The molecule has 0 amide bonds. The van der Waals surface area contributed by atoms with E-state index >= 15 is 0 Å². The summed E-state index contributed by atoms with van der Waals surface area (Å²) in [5.41, 5.74) is 0. The number of aliphatic hydroxyl groups is 2. The van der Waals surface area contributed by atoms with Gasteiger partial charge in [-0.05, 0) is 25.7 Å². The van der Waals surface area contributed by atoms with Crippen LogP contribution in [0.25, 0.3) is 0 Å². The fraction of sp³-hybridized carbons (Fsp3) is 1.00. The van der Waals surface area contributed by atoms with Crippen molar-refractivity contribution in [2.45, 2.75) is 206 Å². The third-order valence-corrected chi connectivity index (χ3v) is 8.33. The maximum Gasteiger partial charge on any atom is 0.309 e. The van der Waals surface area contributed by atoms with E-state index in [0.29, 0.717) is 0 Å². The number of nitrogens with one attached hydrogen (secondary N) is 1. The van der Waals surface area contributed by atoms with Crippen molar-refractivity contribution in [3.05, 3.63) is 0 Å². The zero-order valence-corrected chi connectivity index (χ0v) is 27.2. The predicted molar refractivity (Wildman–Crippen MR) is 164 cm³/mol. The van der Waals surface area contributed by atoms with Crippen LogP contribution in [0.5, 0.6) is 0 Å². The first kappa shape index (κ1) is 40.3.